The van der Waals surface area contributed by atoms with Crippen LogP contribution in [0.25, 0.3) is 11.3 Å². The first kappa shape index (κ1) is 13.9. The zero-order valence-electron chi connectivity index (χ0n) is 10.3. The van der Waals surface area contributed by atoms with Crippen LogP contribution in [0, 0.1) is 5.82 Å². The molecule has 0 saturated carbocycles. The average Bonchev–Trinajstić information content (AvgIpc) is 2.94. The van der Waals surface area contributed by atoms with Crippen molar-refractivity contribution in [2.24, 2.45) is 0 Å². The molecule has 0 bridgehead atoms. The second kappa shape index (κ2) is 6.08. The molecule has 1 aliphatic rings. The summed E-state index contributed by atoms with van der Waals surface area (Å²) in [5.74, 6) is -0.238. The van der Waals surface area contributed by atoms with Crippen LogP contribution < -0.4 is 5.32 Å². The third kappa shape index (κ3) is 3.08. The second-order valence-corrected chi connectivity index (χ2v) is 4.48. The van der Waals surface area contributed by atoms with Gasteiger partial charge in [0.2, 0.25) is 0 Å². The maximum absolute atomic E-state index is 12.8. The van der Waals surface area contributed by atoms with Crippen molar-refractivity contribution in [2.75, 3.05) is 6.54 Å². The zero-order valence-corrected chi connectivity index (χ0v) is 11.2. The van der Waals surface area contributed by atoms with Crippen LogP contribution in [0.5, 0.6) is 0 Å². The molecule has 0 amide bonds. The Kier molecular flexibility index (Phi) is 4.45. The van der Waals surface area contributed by atoms with E-state index in [1.54, 1.807) is 18.3 Å². The van der Waals surface area contributed by atoms with E-state index in [0.717, 1.165) is 29.9 Å². The molecule has 1 atom stereocenters. The van der Waals surface area contributed by atoms with E-state index in [1.807, 2.05) is 6.20 Å². The van der Waals surface area contributed by atoms with Gasteiger partial charge < -0.3 is 5.32 Å². The summed E-state index contributed by atoms with van der Waals surface area (Å²) in [6, 6.07) is 6.63. The molecule has 1 unspecified atom stereocenters. The zero-order chi connectivity index (χ0) is 12.4. The topological polar surface area (TPSA) is 37.8 Å². The van der Waals surface area contributed by atoms with Gasteiger partial charge in [0.05, 0.1) is 29.8 Å². The molecule has 100 valence electrons. The van der Waals surface area contributed by atoms with E-state index in [1.165, 1.54) is 18.6 Å². The SMILES string of the molecule is Cl.Fc1ccc(-c2cnc(C3CCCN3)cn2)cc1. The fraction of sp³-hybridized carbons (Fsp3) is 0.286. The molecule has 2 aromatic rings. The molecule has 1 fully saturated rings. The molecule has 0 spiro atoms. The molecule has 2 heterocycles. The summed E-state index contributed by atoms with van der Waals surface area (Å²) < 4.78 is 12.8. The summed E-state index contributed by atoms with van der Waals surface area (Å²) in [5.41, 5.74) is 2.64. The van der Waals surface area contributed by atoms with E-state index in [0.29, 0.717) is 6.04 Å². The predicted molar refractivity (Wildman–Crippen MR) is 74.7 cm³/mol. The number of aromatic nitrogens is 2. The van der Waals surface area contributed by atoms with Gasteiger partial charge >= 0.3 is 0 Å². The van der Waals surface area contributed by atoms with Gasteiger partial charge in [-0.15, -0.1) is 12.4 Å². The first-order valence-electron chi connectivity index (χ1n) is 6.14. The van der Waals surface area contributed by atoms with Crippen molar-refractivity contribution in [3.8, 4) is 11.3 Å². The van der Waals surface area contributed by atoms with Crippen molar-refractivity contribution >= 4 is 12.4 Å². The van der Waals surface area contributed by atoms with Crippen LogP contribution in [-0.2, 0) is 0 Å². The lowest BCUT2D eigenvalue weighted by Crippen LogP contribution is -2.14. The number of rotatable bonds is 2. The van der Waals surface area contributed by atoms with Gasteiger partial charge in [-0.3, -0.25) is 9.97 Å². The monoisotopic (exact) mass is 279 g/mol. The Bertz CT molecular complexity index is 521. The fourth-order valence-electron chi connectivity index (χ4n) is 2.22. The molecule has 0 radical (unpaired) electrons. The highest BCUT2D eigenvalue weighted by molar-refractivity contribution is 5.85. The number of benzene rings is 1. The van der Waals surface area contributed by atoms with Gasteiger partial charge in [0.1, 0.15) is 5.82 Å². The first-order chi connectivity index (χ1) is 8.83. The molecule has 0 aliphatic carbocycles. The lowest BCUT2D eigenvalue weighted by molar-refractivity contribution is 0.624. The minimum absolute atomic E-state index is 0. The Hall–Kier alpha value is -1.52. The van der Waals surface area contributed by atoms with E-state index in [4.69, 9.17) is 0 Å². The minimum Gasteiger partial charge on any atom is -0.309 e. The Balaban J connectivity index is 0.00000133. The first-order valence-corrected chi connectivity index (χ1v) is 6.14. The van der Waals surface area contributed by atoms with Crippen LogP contribution in [-0.4, -0.2) is 16.5 Å². The number of hydrogen-bond donors (Lipinski definition) is 1. The lowest BCUT2D eigenvalue weighted by atomic mass is 10.1. The molecule has 19 heavy (non-hydrogen) atoms. The van der Waals surface area contributed by atoms with E-state index in [-0.39, 0.29) is 18.2 Å². The molecule has 1 saturated heterocycles. The van der Waals surface area contributed by atoms with Crippen LogP contribution in [0.2, 0.25) is 0 Å². The third-order valence-electron chi connectivity index (χ3n) is 3.23. The number of hydrogen-bond acceptors (Lipinski definition) is 3. The number of nitrogens with one attached hydrogen (secondary N) is 1. The molecule has 1 aliphatic heterocycles. The van der Waals surface area contributed by atoms with Crippen LogP contribution in [0.1, 0.15) is 24.6 Å². The normalized spacial score (nSPS) is 18.1. The van der Waals surface area contributed by atoms with Crippen LogP contribution >= 0.6 is 12.4 Å². The van der Waals surface area contributed by atoms with Crippen molar-refractivity contribution < 1.29 is 4.39 Å². The summed E-state index contributed by atoms with van der Waals surface area (Å²) in [4.78, 5) is 8.84. The average molecular weight is 280 g/mol. The lowest BCUT2D eigenvalue weighted by Gasteiger charge is -2.09. The summed E-state index contributed by atoms with van der Waals surface area (Å²) in [6.07, 6.45) is 5.86. The van der Waals surface area contributed by atoms with Crippen molar-refractivity contribution in [1.82, 2.24) is 15.3 Å². The maximum Gasteiger partial charge on any atom is 0.123 e. The highest BCUT2D eigenvalue weighted by Crippen LogP contribution is 2.22. The van der Waals surface area contributed by atoms with E-state index < -0.39 is 0 Å². The Morgan fingerprint density at radius 1 is 1.11 bits per heavy atom. The molecule has 3 nitrogen and oxygen atoms in total. The van der Waals surface area contributed by atoms with Gasteiger partial charge in [0.15, 0.2) is 0 Å². The van der Waals surface area contributed by atoms with Crippen LogP contribution in [0.15, 0.2) is 36.7 Å². The van der Waals surface area contributed by atoms with Crippen molar-refractivity contribution in [1.29, 1.82) is 0 Å². The Morgan fingerprint density at radius 3 is 2.47 bits per heavy atom. The van der Waals surface area contributed by atoms with Crippen molar-refractivity contribution in [2.45, 2.75) is 18.9 Å². The largest absolute Gasteiger partial charge is 0.309 e. The molecular weight excluding hydrogens is 265 g/mol. The smallest absolute Gasteiger partial charge is 0.123 e. The molecule has 5 heteroatoms. The molecule has 1 N–H and O–H groups in total. The molecule has 1 aromatic heterocycles. The standard InChI is InChI=1S/C14H14FN3.ClH/c15-11-5-3-10(4-6-11)13-8-18-14(9-17-13)12-2-1-7-16-12;/h3-6,8-9,12,16H,1-2,7H2;1H. The highest BCUT2D eigenvalue weighted by atomic mass is 35.5. The second-order valence-electron chi connectivity index (χ2n) is 4.48. The van der Waals surface area contributed by atoms with E-state index in [2.05, 4.69) is 15.3 Å². The van der Waals surface area contributed by atoms with Crippen LogP contribution in [0.4, 0.5) is 4.39 Å². The van der Waals surface area contributed by atoms with Gasteiger partial charge in [0, 0.05) is 5.56 Å². The number of halogens is 2. The van der Waals surface area contributed by atoms with Gasteiger partial charge in [0.25, 0.3) is 0 Å². The minimum atomic E-state index is -0.238. The van der Waals surface area contributed by atoms with Crippen molar-refractivity contribution in [3.05, 3.63) is 48.2 Å². The Labute approximate surface area is 117 Å². The summed E-state index contributed by atoms with van der Waals surface area (Å²) in [7, 11) is 0. The van der Waals surface area contributed by atoms with Gasteiger partial charge in [-0.1, -0.05) is 0 Å². The number of nitrogens with zero attached hydrogens (tertiary/aromatic N) is 2. The van der Waals surface area contributed by atoms with E-state index >= 15 is 0 Å². The van der Waals surface area contributed by atoms with E-state index in [9.17, 15) is 4.39 Å². The quantitative estimate of drug-likeness (QED) is 0.918. The predicted octanol–water partition coefficient (Wildman–Crippen LogP) is 3.13. The molecular formula is C14H15ClFN3. The summed E-state index contributed by atoms with van der Waals surface area (Å²) in [6.45, 7) is 1.05. The third-order valence-corrected chi connectivity index (χ3v) is 3.23. The van der Waals surface area contributed by atoms with Gasteiger partial charge in [-0.2, -0.15) is 0 Å². The Morgan fingerprint density at radius 2 is 1.89 bits per heavy atom. The molecule has 1 aromatic carbocycles. The fourth-order valence-corrected chi connectivity index (χ4v) is 2.22. The summed E-state index contributed by atoms with van der Waals surface area (Å²) >= 11 is 0. The van der Waals surface area contributed by atoms with Crippen LogP contribution in [0.3, 0.4) is 0 Å². The molecule has 3 rings (SSSR count). The maximum atomic E-state index is 12.8. The van der Waals surface area contributed by atoms with Gasteiger partial charge in [-0.05, 0) is 43.7 Å². The van der Waals surface area contributed by atoms with Gasteiger partial charge in [-0.25, -0.2) is 4.39 Å². The highest BCUT2D eigenvalue weighted by Gasteiger charge is 2.17. The summed E-state index contributed by atoms with van der Waals surface area (Å²) in [5, 5.41) is 3.39. The van der Waals surface area contributed by atoms with Crippen molar-refractivity contribution in [3.63, 3.8) is 0 Å².